The lowest BCUT2D eigenvalue weighted by atomic mass is 9.87. The molecule has 2 amide bonds. The number of nitrogen functional groups attached to an aromatic ring is 1. The van der Waals surface area contributed by atoms with Gasteiger partial charge in [0.2, 0.25) is 11.8 Å². The topological polar surface area (TPSA) is 401 Å². The van der Waals surface area contributed by atoms with Crippen LogP contribution < -0.4 is 16.4 Å². The number of ketones is 1. The van der Waals surface area contributed by atoms with E-state index in [1.54, 1.807) is 0 Å². The Bertz CT molecular complexity index is 2200. The normalized spacial score (nSPS) is 24.1. The summed E-state index contributed by atoms with van der Waals surface area (Å²) in [5, 5.41) is 36.6. The van der Waals surface area contributed by atoms with E-state index in [9.17, 15) is 67.8 Å². The van der Waals surface area contributed by atoms with E-state index in [0.717, 1.165) is 54.7 Å². The number of nitrogens with zero attached hydrogens (tertiary/aromatic N) is 4. The lowest BCUT2D eigenvalue weighted by molar-refractivity contribution is -0.137. The number of ether oxygens (including phenoxy) is 1. The van der Waals surface area contributed by atoms with Crippen molar-refractivity contribution < 1.29 is 90.4 Å². The zero-order chi connectivity index (χ0) is 49.7. The third-order valence-corrected chi connectivity index (χ3v) is 14.8. The van der Waals surface area contributed by atoms with Gasteiger partial charge in [-0.15, -0.1) is 0 Å². The number of amides is 2. The van der Waals surface area contributed by atoms with E-state index in [0.29, 0.717) is 19.3 Å². The van der Waals surface area contributed by atoms with Gasteiger partial charge < -0.3 is 56.0 Å². The highest BCUT2D eigenvalue weighted by Gasteiger charge is 2.50. The number of phosphoric ester groups is 3. The number of hydrogen-bond donors (Lipinski definition) is 10. The minimum absolute atomic E-state index is 0.0195. The van der Waals surface area contributed by atoms with Crippen LogP contribution in [0.2, 0.25) is 0 Å². The summed E-state index contributed by atoms with van der Waals surface area (Å²) >= 11 is 0.957. The third kappa shape index (κ3) is 17.7. The highest BCUT2D eigenvalue weighted by atomic mass is 32.2. The quantitative estimate of drug-likeness (QED) is 0.0328. The molecule has 30 heteroatoms. The molecule has 2 fully saturated rings. The molecule has 0 bridgehead atoms. The predicted octanol–water partition coefficient (Wildman–Crippen LogP) is 1.54. The van der Waals surface area contributed by atoms with Crippen LogP contribution >= 0.6 is 35.2 Å². The number of Topliss-reactive ketones (excluding diaryl/α,β-unsaturated/α-hetero) is 1. The molecule has 378 valence electrons. The van der Waals surface area contributed by atoms with Gasteiger partial charge in [0.25, 0.3) is 0 Å². The van der Waals surface area contributed by atoms with Gasteiger partial charge in [-0.3, -0.25) is 37.3 Å². The van der Waals surface area contributed by atoms with Crippen molar-refractivity contribution in [3.05, 3.63) is 24.8 Å². The first-order valence-electron chi connectivity index (χ1n) is 21.2. The first-order chi connectivity index (χ1) is 31.3. The average molecular weight is 1030 g/mol. The summed E-state index contributed by atoms with van der Waals surface area (Å²) in [6.45, 7) is 2.34. The van der Waals surface area contributed by atoms with Gasteiger partial charge in [-0.05, 0) is 38.0 Å². The molecule has 4 rings (SSSR count). The molecule has 1 saturated carbocycles. The molecule has 3 heterocycles. The molecule has 10 atom stereocenters. The number of aliphatic hydroxyl groups is 3. The molecule has 5 unspecified atom stereocenters. The Morgan fingerprint density at radius 1 is 1.06 bits per heavy atom. The molecular formula is C37H60N7O19P3S. The van der Waals surface area contributed by atoms with Gasteiger partial charge in [0.05, 0.1) is 25.6 Å². The number of nitrogens with one attached hydrogen (secondary N) is 2. The summed E-state index contributed by atoms with van der Waals surface area (Å²) < 4.78 is 62.4. The molecule has 2 aromatic rings. The SMILES string of the molecule is CC/C=C\CC1C(=O)CCC1CCCC(O)CC(=O)SCCNC(=O)CCNC(=O)[C@H](O)C(C)(C)COP(=O)(O)OP(=O)(O)OC[C@H]1O[C@@H](n2cnc3c(N)ncnc32)[C@H](O)[C@@H]1OP(=O)(O)O. The highest BCUT2D eigenvalue weighted by molar-refractivity contribution is 8.13. The molecule has 0 aromatic carbocycles. The zero-order valence-corrected chi connectivity index (χ0v) is 40.5. The van der Waals surface area contributed by atoms with E-state index >= 15 is 0 Å². The predicted molar refractivity (Wildman–Crippen MR) is 237 cm³/mol. The number of allylic oxidation sites excluding steroid dienone is 2. The number of aromatic nitrogens is 4. The van der Waals surface area contributed by atoms with Crippen molar-refractivity contribution in [2.24, 2.45) is 17.3 Å². The number of carbonyl (C=O) groups is 4. The molecule has 1 aliphatic heterocycles. The van der Waals surface area contributed by atoms with E-state index in [2.05, 4.69) is 46.6 Å². The van der Waals surface area contributed by atoms with Crippen LogP contribution in [0.4, 0.5) is 5.82 Å². The summed E-state index contributed by atoms with van der Waals surface area (Å²) in [5.74, 6) is -0.714. The van der Waals surface area contributed by atoms with Crippen LogP contribution in [0.15, 0.2) is 24.8 Å². The maximum absolute atomic E-state index is 12.7. The van der Waals surface area contributed by atoms with Crippen molar-refractivity contribution >= 4 is 74.9 Å². The van der Waals surface area contributed by atoms with Crippen LogP contribution in [0.1, 0.15) is 84.8 Å². The van der Waals surface area contributed by atoms with Crippen molar-refractivity contribution in [3.63, 3.8) is 0 Å². The summed E-state index contributed by atoms with van der Waals surface area (Å²) in [4.78, 5) is 101. The van der Waals surface area contributed by atoms with Gasteiger partial charge in [0.1, 0.15) is 42.0 Å². The maximum Gasteiger partial charge on any atom is 0.481 e. The Hall–Kier alpha value is -3.07. The third-order valence-electron chi connectivity index (χ3n) is 10.8. The Labute approximate surface area is 389 Å². The number of nitrogens with two attached hydrogens (primary N) is 1. The van der Waals surface area contributed by atoms with E-state index in [4.69, 9.17) is 19.5 Å². The standard InChI is InChI=1S/C37H60N7O19P3S/c1-4-5-6-10-24-22(11-12-25(24)46)8-7-9-23(45)17-28(48)67-16-15-39-27(47)13-14-40-35(51)32(50)37(2,3)19-60-66(57,58)63-65(55,56)59-18-26-31(62-64(52,53)54)30(49)36(61-26)44-21-43-29-33(38)41-20-42-34(29)44/h5-6,20-24,26,30-32,36,45,49-50H,4,7-19H2,1-3H3,(H,39,47)(H,40,51)(H,55,56)(H,57,58)(H2,38,41,42)(H2,52,53,54)/b6-5-/t22?,23?,24?,26-,30-,31-,32+,36-/m1/s1. The number of aliphatic hydroxyl groups excluding tert-OH is 3. The number of rotatable bonds is 28. The van der Waals surface area contributed by atoms with Gasteiger partial charge in [-0.1, -0.05) is 51.1 Å². The lowest BCUT2D eigenvalue weighted by Crippen LogP contribution is -2.46. The molecule has 1 aliphatic carbocycles. The molecule has 67 heavy (non-hydrogen) atoms. The van der Waals surface area contributed by atoms with Crippen molar-refractivity contribution in [2.75, 3.05) is 37.8 Å². The summed E-state index contributed by atoms with van der Waals surface area (Å²) in [6.07, 6.45) is 1.22. The number of carbonyl (C=O) groups excluding carboxylic acids is 4. The van der Waals surface area contributed by atoms with Crippen LogP contribution in [0.25, 0.3) is 11.2 Å². The fourth-order valence-electron chi connectivity index (χ4n) is 7.32. The number of phosphoric acid groups is 3. The fraction of sp³-hybridized carbons (Fsp3) is 0.703. The Balaban J connectivity index is 1.13. The van der Waals surface area contributed by atoms with Gasteiger partial charge in [-0.2, -0.15) is 4.31 Å². The van der Waals surface area contributed by atoms with Crippen LogP contribution in [-0.2, 0) is 55.5 Å². The lowest BCUT2D eigenvalue weighted by Gasteiger charge is -2.30. The minimum atomic E-state index is -5.60. The largest absolute Gasteiger partial charge is 0.481 e. The van der Waals surface area contributed by atoms with Gasteiger partial charge >= 0.3 is 23.5 Å². The Kier molecular flexibility index (Phi) is 21.2. The van der Waals surface area contributed by atoms with Crippen LogP contribution in [0.5, 0.6) is 0 Å². The zero-order valence-electron chi connectivity index (χ0n) is 37.0. The number of imidazole rings is 1. The van der Waals surface area contributed by atoms with E-state index in [-0.39, 0.29) is 71.4 Å². The molecule has 2 aliphatic rings. The fourth-order valence-corrected chi connectivity index (χ4v) is 10.9. The minimum Gasteiger partial charge on any atom is -0.393 e. The Morgan fingerprint density at radius 2 is 1.78 bits per heavy atom. The molecular weight excluding hydrogens is 971 g/mol. The van der Waals surface area contributed by atoms with E-state index < -0.39 is 90.7 Å². The molecule has 11 N–H and O–H groups in total. The van der Waals surface area contributed by atoms with Crippen LogP contribution in [-0.4, -0.2) is 140 Å². The second kappa shape index (κ2) is 25.2. The number of fused-ring (bicyclic) bond motifs is 1. The van der Waals surface area contributed by atoms with Crippen molar-refractivity contribution in [1.29, 1.82) is 0 Å². The molecule has 1 saturated heterocycles. The maximum atomic E-state index is 12.7. The van der Waals surface area contributed by atoms with Crippen molar-refractivity contribution in [3.8, 4) is 0 Å². The Morgan fingerprint density at radius 3 is 2.48 bits per heavy atom. The first kappa shape index (κ1) is 56.5. The summed E-state index contributed by atoms with van der Waals surface area (Å²) in [6, 6.07) is 0. The summed E-state index contributed by atoms with van der Waals surface area (Å²) in [7, 11) is -16.5. The van der Waals surface area contributed by atoms with Gasteiger partial charge in [0, 0.05) is 49.4 Å². The molecule has 2 aromatic heterocycles. The van der Waals surface area contributed by atoms with Gasteiger partial charge in [0.15, 0.2) is 22.8 Å². The molecule has 0 radical (unpaired) electrons. The van der Waals surface area contributed by atoms with Crippen molar-refractivity contribution in [2.45, 2.75) is 115 Å². The first-order valence-corrected chi connectivity index (χ1v) is 26.7. The second-order valence-corrected chi connectivity index (χ2v) is 22.0. The number of anilines is 1. The number of hydrogen-bond acceptors (Lipinski definition) is 20. The van der Waals surface area contributed by atoms with Crippen LogP contribution in [0.3, 0.4) is 0 Å². The van der Waals surface area contributed by atoms with Crippen molar-refractivity contribution in [1.82, 2.24) is 30.2 Å². The van der Waals surface area contributed by atoms with Crippen LogP contribution in [0, 0.1) is 17.3 Å². The smallest absolute Gasteiger partial charge is 0.393 e. The van der Waals surface area contributed by atoms with Gasteiger partial charge in [-0.25, -0.2) is 28.6 Å². The average Bonchev–Trinajstić information content (AvgIpc) is 3.91. The molecule has 26 nitrogen and oxygen atoms in total. The van der Waals surface area contributed by atoms with E-state index in [1.807, 2.05) is 6.92 Å². The highest BCUT2D eigenvalue weighted by Crippen LogP contribution is 2.61. The monoisotopic (exact) mass is 1030 g/mol. The number of thioether (sulfide) groups is 1. The summed E-state index contributed by atoms with van der Waals surface area (Å²) in [5.41, 5.74) is 4.23. The molecule has 0 spiro atoms. The van der Waals surface area contributed by atoms with E-state index in [1.165, 1.54) is 13.8 Å². The second-order valence-electron chi connectivity index (χ2n) is 16.6.